The number of amides is 1. The molecule has 0 saturated heterocycles. The molecule has 1 unspecified atom stereocenters. The van der Waals surface area contributed by atoms with Gasteiger partial charge in [0.2, 0.25) is 0 Å². The monoisotopic (exact) mass is 323 g/mol. The highest BCUT2D eigenvalue weighted by atomic mass is 32.2. The van der Waals surface area contributed by atoms with Gasteiger partial charge in [-0.05, 0) is 42.7 Å². The molecule has 0 fully saturated rings. The van der Waals surface area contributed by atoms with E-state index in [4.69, 9.17) is 0 Å². The van der Waals surface area contributed by atoms with E-state index in [-0.39, 0.29) is 5.91 Å². The number of carbonyl (C=O) groups excluding carboxylic acids is 1. The summed E-state index contributed by atoms with van der Waals surface area (Å²) in [6.45, 7) is 2.95. The predicted octanol–water partition coefficient (Wildman–Crippen LogP) is 4.99. The van der Waals surface area contributed by atoms with E-state index in [0.29, 0.717) is 5.25 Å². The molecule has 1 aliphatic heterocycles. The second-order valence-corrected chi connectivity index (χ2v) is 6.91. The van der Waals surface area contributed by atoms with Gasteiger partial charge in [-0.3, -0.25) is 4.79 Å². The van der Waals surface area contributed by atoms with Crippen molar-refractivity contribution in [2.24, 2.45) is 0 Å². The number of thioether (sulfide) groups is 1. The highest BCUT2D eigenvalue weighted by Gasteiger charge is 2.24. The Bertz CT molecular complexity index is 681. The first-order valence-corrected chi connectivity index (χ1v) is 8.94. The zero-order chi connectivity index (χ0) is 16.1. The van der Waals surface area contributed by atoms with E-state index in [0.717, 1.165) is 24.9 Å². The van der Waals surface area contributed by atoms with Gasteiger partial charge >= 0.3 is 0 Å². The minimum absolute atomic E-state index is 0.0970. The Kier molecular flexibility index (Phi) is 5.19. The van der Waals surface area contributed by atoms with Crippen LogP contribution in [0.25, 0.3) is 0 Å². The largest absolute Gasteiger partial charge is 0.315 e. The molecule has 0 radical (unpaired) electrons. The van der Waals surface area contributed by atoms with Crippen molar-refractivity contribution >= 4 is 17.7 Å². The molecule has 0 aromatic heterocycles. The summed E-state index contributed by atoms with van der Waals surface area (Å²) >= 11 is 1.90. The van der Waals surface area contributed by atoms with E-state index in [1.165, 1.54) is 10.5 Å². The van der Waals surface area contributed by atoms with E-state index in [2.05, 4.69) is 37.4 Å². The summed E-state index contributed by atoms with van der Waals surface area (Å²) in [5.74, 6) is 0.0970. The topological polar surface area (TPSA) is 20.3 Å². The summed E-state index contributed by atoms with van der Waals surface area (Å²) in [5, 5.41) is 0.460. The quantitative estimate of drug-likeness (QED) is 0.790. The van der Waals surface area contributed by atoms with Crippen LogP contribution in [-0.4, -0.2) is 22.6 Å². The second-order valence-electron chi connectivity index (χ2n) is 5.63. The van der Waals surface area contributed by atoms with Crippen LogP contribution in [0.15, 0.2) is 77.3 Å². The smallest absolute Gasteiger partial charge is 0.257 e. The Morgan fingerprint density at radius 3 is 2.39 bits per heavy atom. The molecule has 1 heterocycles. The van der Waals surface area contributed by atoms with Gasteiger partial charge in [-0.25, -0.2) is 0 Å². The summed E-state index contributed by atoms with van der Waals surface area (Å²) < 4.78 is 0. The number of rotatable bonds is 4. The molecule has 2 aromatic rings. The van der Waals surface area contributed by atoms with E-state index in [9.17, 15) is 4.79 Å². The van der Waals surface area contributed by atoms with Gasteiger partial charge in [0.15, 0.2) is 0 Å². The van der Waals surface area contributed by atoms with Gasteiger partial charge in [0.25, 0.3) is 5.91 Å². The molecule has 3 rings (SSSR count). The summed E-state index contributed by atoms with van der Waals surface area (Å²) in [4.78, 5) is 15.8. The summed E-state index contributed by atoms with van der Waals surface area (Å²) in [6, 6.07) is 20.0. The van der Waals surface area contributed by atoms with Crippen molar-refractivity contribution in [2.45, 2.75) is 29.9 Å². The fourth-order valence-corrected chi connectivity index (χ4v) is 4.06. The summed E-state index contributed by atoms with van der Waals surface area (Å²) in [6.07, 6.45) is 4.04. The number of nitrogens with zero attached hydrogens (tertiary/aromatic N) is 1. The maximum Gasteiger partial charge on any atom is 0.257 e. The van der Waals surface area contributed by atoms with Crippen molar-refractivity contribution in [3.05, 3.63) is 78.0 Å². The van der Waals surface area contributed by atoms with Gasteiger partial charge in [-0.15, -0.1) is 11.8 Å². The molecule has 2 nitrogen and oxygen atoms in total. The lowest BCUT2D eigenvalue weighted by atomic mass is 10.0. The van der Waals surface area contributed by atoms with Crippen LogP contribution in [0.3, 0.4) is 0 Å². The maximum absolute atomic E-state index is 12.6. The second kappa shape index (κ2) is 7.51. The van der Waals surface area contributed by atoms with Crippen molar-refractivity contribution in [3.63, 3.8) is 0 Å². The molecule has 1 amide bonds. The number of hydrogen-bond donors (Lipinski definition) is 0. The average Bonchev–Trinajstić information content (AvgIpc) is 2.63. The standard InChI is InChI=1S/C20H21NOS/c1-2-16-15-21(20(22)17-9-5-3-6-10-17)14-13-19(16)23-18-11-7-4-8-12-18/h3-12,15,19H,2,13-14H2,1H3. The predicted molar refractivity (Wildman–Crippen MR) is 96.6 cm³/mol. The third-order valence-corrected chi connectivity index (χ3v) is 5.45. The minimum atomic E-state index is 0.0970. The van der Waals surface area contributed by atoms with Crippen LogP contribution < -0.4 is 0 Å². The molecule has 118 valence electrons. The molecule has 2 aromatic carbocycles. The Balaban J connectivity index is 1.75. The molecule has 0 N–H and O–H groups in total. The van der Waals surface area contributed by atoms with Crippen LogP contribution in [0.1, 0.15) is 30.1 Å². The molecule has 0 aliphatic carbocycles. The van der Waals surface area contributed by atoms with Gasteiger partial charge < -0.3 is 4.90 Å². The van der Waals surface area contributed by atoms with Crippen molar-refractivity contribution in [1.29, 1.82) is 0 Å². The zero-order valence-corrected chi connectivity index (χ0v) is 14.1. The molecular formula is C20H21NOS. The van der Waals surface area contributed by atoms with E-state index in [1.54, 1.807) is 0 Å². The molecule has 0 spiro atoms. The first-order chi connectivity index (χ1) is 11.3. The molecular weight excluding hydrogens is 302 g/mol. The van der Waals surface area contributed by atoms with Crippen LogP contribution in [0.4, 0.5) is 0 Å². The lowest BCUT2D eigenvalue weighted by Crippen LogP contribution is -2.33. The maximum atomic E-state index is 12.6. The highest BCUT2D eigenvalue weighted by Crippen LogP contribution is 2.34. The van der Waals surface area contributed by atoms with Crippen molar-refractivity contribution in [3.8, 4) is 0 Å². The lowest BCUT2D eigenvalue weighted by molar-refractivity contribution is 0.0813. The Hall–Kier alpha value is -2.00. The molecule has 3 heteroatoms. The first-order valence-electron chi connectivity index (χ1n) is 8.06. The van der Waals surface area contributed by atoms with Crippen molar-refractivity contribution in [2.75, 3.05) is 6.54 Å². The number of hydrogen-bond acceptors (Lipinski definition) is 2. The van der Waals surface area contributed by atoms with Crippen molar-refractivity contribution in [1.82, 2.24) is 4.90 Å². The molecule has 0 bridgehead atoms. The minimum Gasteiger partial charge on any atom is -0.315 e. The van der Waals surface area contributed by atoms with E-state index >= 15 is 0 Å². The van der Waals surface area contributed by atoms with Crippen LogP contribution in [0, 0.1) is 0 Å². The van der Waals surface area contributed by atoms with Crippen LogP contribution in [0.5, 0.6) is 0 Å². The Morgan fingerprint density at radius 1 is 1.09 bits per heavy atom. The lowest BCUT2D eigenvalue weighted by Gasteiger charge is -2.30. The Labute approximate surface area is 142 Å². The summed E-state index contributed by atoms with van der Waals surface area (Å²) in [5.41, 5.74) is 2.10. The average molecular weight is 323 g/mol. The zero-order valence-electron chi connectivity index (χ0n) is 13.3. The fourth-order valence-electron chi connectivity index (χ4n) is 2.81. The van der Waals surface area contributed by atoms with Crippen LogP contribution >= 0.6 is 11.8 Å². The fraction of sp³-hybridized carbons (Fsp3) is 0.250. The van der Waals surface area contributed by atoms with Gasteiger partial charge in [-0.2, -0.15) is 0 Å². The van der Waals surface area contributed by atoms with Gasteiger partial charge in [0.1, 0.15) is 0 Å². The number of benzene rings is 2. The SMILES string of the molecule is CCC1=CN(C(=O)c2ccccc2)CCC1Sc1ccccc1. The number of carbonyl (C=O) groups is 1. The molecule has 23 heavy (non-hydrogen) atoms. The molecule has 1 atom stereocenters. The van der Waals surface area contributed by atoms with E-state index in [1.807, 2.05) is 53.1 Å². The van der Waals surface area contributed by atoms with Crippen LogP contribution in [-0.2, 0) is 0 Å². The molecule has 0 saturated carbocycles. The normalized spacial score (nSPS) is 17.7. The van der Waals surface area contributed by atoms with E-state index < -0.39 is 0 Å². The highest BCUT2D eigenvalue weighted by molar-refractivity contribution is 8.00. The van der Waals surface area contributed by atoms with Crippen molar-refractivity contribution < 1.29 is 4.79 Å². The first kappa shape index (κ1) is 15.9. The van der Waals surface area contributed by atoms with Crippen LogP contribution in [0.2, 0.25) is 0 Å². The summed E-state index contributed by atoms with van der Waals surface area (Å²) in [7, 11) is 0. The third kappa shape index (κ3) is 3.85. The molecule has 1 aliphatic rings. The van der Waals surface area contributed by atoms with Gasteiger partial charge in [0.05, 0.1) is 0 Å². The Morgan fingerprint density at radius 2 is 1.74 bits per heavy atom. The van der Waals surface area contributed by atoms with Gasteiger partial charge in [0, 0.05) is 28.5 Å². The third-order valence-electron chi connectivity index (χ3n) is 4.08. The van der Waals surface area contributed by atoms with Gasteiger partial charge in [-0.1, -0.05) is 43.3 Å².